The van der Waals surface area contributed by atoms with E-state index in [0.29, 0.717) is 13.0 Å². The lowest BCUT2D eigenvalue weighted by Gasteiger charge is -2.18. The zero-order valence-corrected chi connectivity index (χ0v) is 14.0. The van der Waals surface area contributed by atoms with Gasteiger partial charge in [0.05, 0.1) is 17.5 Å². The second kappa shape index (κ2) is 7.37. The third-order valence-electron chi connectivity index (χ3n) is 3.57. The lowest BCUT2D eigenvalue weighted by atomic mass is 9.90. The maximum Gasteiger partial charge on any atom is 0.309 e. The molecule has 0 aliphatic rings. The van der Waals surface area contributed by atoms with Crippen LogP contribution >= 0.6 is 11.3 Å². The number of aliphatic carboxylic acids is 1. The lowest BCUT2D eigenvalue weighted by molar-refractivity contribution is -0.147. The zero-order valence-electron chi connectivity index (χ0n) is 13.2. The van der Waals surface area contributed by atoms with Gasteiger partial charge in [-0.1, -0.05) is 30.3 Å². The molecule has 0 bridgehead atoms. The van der Waals surface area contributed by atoms with Crippen molar-refractivity contribution in [1.82, 2.24) is 10.3 Å². The van der Waals surface area contributed by atoms with Gasteiger partial charge in [-0.05, 0) is 20.3 Å². The topological polar surface area (TPSA) is 79.3 Å². The number of carboxylic acid groups (broad SMARTS) is 1. The largest absolute Gasteiger partial charge is 0.481 e. The van der Waals surface area contributed by atoms with Crippen LogP contribution in [0.3, 0.4) is 0 Å². The molecule has 0 aliphatic heterocycles. The lowest BCUT2D eigenvalue weighted by Crippen LogP contribution is -2.32. The van der Waals surface area contributed by atoms with E-state index < -0.39 is 11.4 Å². The van der Waals surface area contributed by atoms with Gasteiger partial charge in [0.1, 0.15) is 5.01 Å². The van der Waals surface area contributed by atoms with Crippen LogP contribution in [-0.2, 0) is 16.0 Å². The zero-order chi connectivity index (χ0) is 16.9. The number of carbonyl (C=O) groups excluding carboxylic acids is 1. The molecule has 0 unspecified atom stereocenters. The average Bonchev–Trinajstić information content (AvgIpc) is 2.96. The van der Waals surface area contributed by atoms with E-state index in [-0.39, 0.29) is 12.3 Å². The van der Waals surface area contributed by atoms with Crippen LogP contribution in [0.15, 0.2) is 35.7 Å². The third kappa shape index (κ3) is 4.89. The number of nitrogens with one attached hydrogen (secondary N) is 1. The number of nitrogens with zero attached hydrogens (tertiary/aromatic N) is 1. The Hall–Kier alpha value is -2.21. The highest BCUT2D eigenvalue weighted by Crippen LogP contribution is 2.23. The standard InChI is InChI=1S/C17H20N2O3S/c1-17(2,16(21)22)8-9-18-14(20)10-13-11-23-15(19-13)12-6-4-3-5-7-12/h3-7,11H,8-10H2,1-2H3,(H,18,20)(H,21,22). The molecule has 122 valence electrons. The van der Waals surface area contributed by atoms with Gasteiger partial charge in [0.25, 0.3) is 0 Å². The molecule has 5 nitrogen and oxygen atoms in total. The number of carboxylic acids is 1. The van der Waals surface area contributed by atoms with Crippen molar-refractivity contribution in [3.05, 3.63) is 41.4 Å². The van der Waals surface area contributed by atoms with Gasteiger partial charge < -0.3 is 10.4 Å². The van der Waals surface area contributed by atoms with Crippen molar-refractivity contribution < 1.29 is 14.7 Å². The van der Waals surface area contributed by atoms with E-state index in [1.165, 1.54) is 11.3 Å². The Kier molecular flexibility index (Phi) is 5.50. The predicted molar refractivity (Wildman–Crippen MR) is 90.3 cm³/mol. The Morgan fingerprint density at radius 2 is 1.96 bits per heavy atom. The van der Waals surface area contributed by atoms with E-state index in [0.717, 1.165) is 16.3 Å². The van der Waals surface area contributed by atoms with E-state index >= 15 is 0 Å². The molecule has 2 N–H and O–H groups in total. The summed E-state index contributed by atoms with van der Waals surface area (Å²) in [6, 6.07) is 9.82. The Morgan fingerprint density at radius 3 is 2.61 bits per heavy atom. The average molecular weight is 332 g/mol. The summed E-state index contributed by atoms with van der Waals surface area (Å²) in [5.41, 5.74) is 0.921. The fraction of sp³-hybridized carbons (Fsp3) is 0.353. The van der Waals surface area contributed by atoms with Gasteiger partial charge in [0.15, 0.2) is 0 Å². The first-order valence-electron chi connectivity index (χ1n) is 7.38. The molecule has 0 fully saturated rings. The summed E-state index contributed by atoms with van der Waals surface area (Å²) >= 11 is 1.51. The van der Waals surface area contributed by atoms with Crippen molar-refractivity contribution in [3.8, 4) is 10.6 Å². The molecular formula is C17H20N2O3S. The number of hydrogen-bond donors (Lipinski definition) is 2. The van der Waals surface area contributed by atoms with Crippen LogP contribution in [0.2, 0.25) is 0 Å². The van der Waals surface area contributed by atoms with E-state index in [1.54, 1.807) is 13.8 Å². The van der Waals surface area contributed by atoms with Crippen molar-refractivity contribution in [2.75, 3.05) is 6.54 Å². The number of carbonyl (C=O) groups is 2. The minimum Gasteiger partial charge on any atom is -0.481 e. The number of hydrogen-bond acceptors (Lipinski definition) is 4. The highest BCUT2D eigenvalue weighted by Gasteiger charge is 2.26. The van der Waals surface area contributed by atoms with Gasteiger partial charge in [-0.15, -0.1) is 11.3 Å². The number of rotatable bonds is 7. The van der Waals surface area contributed by atoms with Crippen molar-refractivity contribution >= 4 is 23.2 Å². The van der Waals surface area contributed by atoms with E-state index in [2.05, 4.69) is 10.3 Å². The molecule has 1 heterocycles. The highest BCUT2D eigenvalue weighted by molar-refractivity contribution is 7.13. The van der Waals surface area contributed by atoms with Gasteiger partial charge in [-0.25, -0.2) is 4.98 Å². The fourth-order valence-corrected chi connectivity index (χ4v) is 2.78. The first-order valence-corrected chi connectivity index (χ1v) is 8.26. The Bertz CT molecular complexity index is 680. The SMILES string of the molecule is CC(C)(CCNC(=O)Cc1csc(-c2ccccc2)n1)C(=O)O. The monoisotopic (exact) mass is 332 g/mol. The third-order valence-corrected chi connectivity index (χ3v) is 4.51. The van der Waals surface area contributed by atoms with Gasteiger partial charge in [0, 0.05) is 17.5 Å². The minimum absolute atomic E-state index is 0.142. The van der Waals surface area contributed by atoms with Crippen LogP contribution in [0.4, 0.5) is 0 Å². The summed E-state index contributed by atoms with van der Waals surface area (Å²) in [7, 11) is 0. The first-order chi connectivity index (χ1) is 10.9. The maximum absolute atomic E-state index is 11.9. The number of amides is 1. The summed E-state index contributed by atoms with van der Waals surface area (Å²) in [5, 5.41) is 14.6. The van der Waals surface area contributed by atoms with Crippen LogP contribution in [0.5, 0.6) is 0 Å². The summed E-state index contributed by atoms with van der Waals surface area (Å²) < 4.78 is 0. The molecule has 0 aliphatic carbocycles. The molecule has 2 aromatic rings. The van der Waals surface area contributed by atoms with E-state index in [4.69, 9.17) is 5.11 Å². The highest BCUT2D eigenvalue weighted by atomic mass is 32.1. The van der Waals surface area contributed by atoms with Gasteiger partial charge in [0.2, 0.25) is 5.91 Å². The molecule has 2 rings (SSSR count). The smallest absolute Gasteiger partial charge is 0.309 e. The van der Waals surface area contributed by atoms with E-state index in [9.17, 15) is 9.59 Å². The molecule has 6 heteroatoms. The van der Waals surface area contributed by atoms with Crippen molar-refractivity contribution in [2.24, 2.45) is 5.41 Å². The Balaban J connectivity index is 1.85. The molecule has 0 atom stereocenters. The van der Waals surface area contributed by atoms with Gasteiger partial charge in [-0.3, -0.25) is 9.59 Å². The van der Waals surface area contributed by atoms with Crippen LogP contribution in [0, 0.1) is 5.41 Å². The molecule has 0 saturated carbocycles. The maximum atomic E-state index is 11.9. The molecule has 1 aromatic heterocycles. The van der Waals surface area contributed by atoms with E-state index in [1.807, 2.05) is 35.7 Å². The van der Waals surface area contributed by atoms with Gasteiger partial charge in [-0.2, -0.15) is 0 Å². The first kappa shape index (κ1) is 17.1. The molecule has 1 aromatic carbocycles. The summed E-state index contributed by atoms with van der Waals surface area (Å²) in [6.45, 7) is 3.63. The molecule has 1 amide bonds. The van der Waals surface area contributed by atoms with Crippen molar-refractivity contribution in [1.29, 1.82) is 0 Å². The quantitative estimate of drug-likeness (QED) is 0.817. The summed E-state index contributed by atoms with van der Waals surface area (Å²) in [5.74, 6) is -1.00. The molecule has 0 radical (unpaired) electrons. The van der Waals surface area contributed by atoms with Crippen LogP contribution in [-0.4, -0.2) is 28.5 Å². The summed E-state index contributed by atoms with van der Waals surface area (Å²) in [4.78, 5) is 27.4. The molecule has 0 spiro atoms. The van der Waals surface area contributed by atoms with Crippen LogP contribution < -0.4 is 5.32 Å². The second-order valence-corrected chi connectivity index (χ2v) is 6.83. The molecule has 23 heavy (non-hydrogen) atoms. The fourth-order valence-electron chi connectivity index (χ4n) is 1.95. The van der Waals surface area contributed by atoms with Crippen molar-refractivity contribution in [3.63, 3.8) is 0 Å². The van der Waals surface area contributed by atoms with Crippen LogP contribution in [0.1, 0.15) is 26.0 Å². The number of thiazole rings is 1. The van der Waals surface area contributed by atoms with Crippen LogP contribution in [0.25, 0.3) is 10.6 Å². The molecular weight excluding hydrogens is 312 g/mol. The Morgan fingerprint density at radius 1 is 1.26 bits per heavy atom. The molecule has 0 saturated heterocycles. The predicted octanol–water partition coefficient (Wildman–Crippen LogP) is 2.97. The van der Waals surface area contributed by atoms with Crippen molar-refractivity contribution in [2.45, 2.75) is 26.7 Å². The Labute approximate surface area is 139 Å². The normalized spacial score (nSPS) is 11.2. The number of benzene rings is 1. The second-order valence-electron chi connectivity index (χ2n) is 5.98. The van der Waals surface area contributed by atoms with Gasteiger partial charge >= 0.3 is 5.97 Å². The number of aromatic nitrogens is 1. The summed E-state index contributed by atoms with van der Waals surface area (Å²) in [6.07, 6.45) is 0.594. The minimum atomic E-state index is -0.862.